The first kappa shape index (κ1) is 13.5. The maximum absolute atomic E-state index is 8.66. The van der Waals surface area contributed by atoms with Crippen LogP contribution in [0.2, 0.25) is 0 Å². The Bertz CT molecular complexity index is 367. The van der Waals surface area contributed by atoms with Gasteiger partial charge in [0.1, 0.15) is 0 Å². The molecule has 0 saturated carbocycles. The molecule has 94 valence electrons. The zero-order valence-corrected chi connectivity index (χ0v) is 9.93. The lowest BCUT2D eigenvalue weighted by atomic mass is 10.1. The van der Waals surface area contributed by atoms with Crippen LogP contribution in [0.25, 0.3) is 0 Å². The minimum atomic E-state index is 0.0917. The summed E-state index contributed by atoms with van der Waals surface area (Å²) in [7, 11) is 0. The van der Waals surface area contributed by atoms with Gasteiger partial charge in [0.05, 0.1) is 19.8 Å². The minimum Gasteiger partial charge on any atom is -0.409 e. The molecule has 0 saturated heterocycles. The molecule has 0 atom stereocenters. The van der Waals surface area contributed by atoms with Crippen LogP contribution in [0.1, 0.15) is 18.1 Å². The minimum absolute atomic E-state index is 0.0917. The number of hydrogen-bond acceptors (Lipinski definition) is 4. The van der Waals surface area contributed by atoms with Gasteiger partial charge in [0.15, 0.2) is 5.84 Å². The van der Waals surface area contributed by atoms with Crippen molar-refractivity contribution in [3.05, 3.63) is 35.4 Å². The molecule has 0 radical (unpaired) electrons. The second-order valence-electron chi connectivity index (χ2n) is 3.39. The molecule has 0 aliphatic heterocycles. The number of rotatable bonds is 7. The van der Waals surface area contributed by atoms with Gasteiger partial charge in [-0.05, 0) is 12.5 Å². The lowest BCUT2D eigenvalue weighted by molar-refractivity contribution is 0.0452. The van der Waals surface area contributed by atoms with Crippen molar-refractivity contribution in [2.24, 2.45) is 10.9 Å². The number of amidine groups is 1. The summed E-state index contributed by atoms with van der Waals surface area (Å²) in [6, 6.07) is 7.39. The van der Waals surface area contributed by atoms with Crippen molar-refractivity contribution in [1.82, 2.24) is 0 Å². The van der Waals surface area contributed by atoms with Crippen molar-refractivity contribution < 1.29 is 14.7 Å². The molecule has 1 aromatic rings. The van der Waals surface area contributed by atoms with Crippen molar-refractivity contribution in [2.45, 2.75) is 13.5 Å². The third kappa shape index (κ3) is 4.42. The third-order valence-electron chi connectivity index (χ3n) is 2.23. The van der Waals surface area contributed by atoms with E-state index in [0.29, 0.717) is 32.0 Å². The normalized spacial score (nSPS) is 11.7. The predicted molar refractivity (Wildman–Crippen MR) is 65.1 cm³/mol. The van der Waals surface area contributed by atoms with E-state index in [4.69, 9.17) is 20.4 Å². The molecule has 1 aromatic carbocycles. The van der Waals surface area contributed by atoms with Gasteiger partial charge in [0.2, 0.25) is 0 Å². The second-order valence-corrected chi connectivity index (χ2v) is 3.39. The van der Waals surface area contributed by atoms with Crippen LogP contribution in [0, 0.1) is 0 Å². The smallest absolute Gasteiger partial charge is 0.170 e. The van der Waals surface area contributed by atoms with Crippen molar-refractivity contribution in [3.63, 3.8) is 0 Å². The Balaban J connectivity index is 2.53. The summed E-state index contributed by atoms with van der Waals surface area (Å²) >= 11 is 0. The molecule has 0 aliphatic carbocycles. The fourth-order valence-electron chi connectivity index (χ4n) is 1.39. The summed E-state index contributed by atoms with van der Waals surface area (Å²) in [6.45, 7) is 4.14. The largest absolute Gasteiger partial charge is 0.409 e. The summed E-state index contributed by atoms with van der Waals surface area (Å²) < 4.78 is 10.6. The van der Waals surface area contributed by atoms with Crippen LogP contribution >= 0.6 is 0 Å². The third-order valence-corrected chi connectivity index (χ3v) is 2.23. The monoisotopic (exact) mass is 238 g/mol. The SMILES string of the molecule is CCOCCOCc1ccccc1/C(N)=N/O. The number of nitrogens with two attached hydrogens (primary N) is 1. The van der Waals surface area contributed by atoms with Gasteiger partial charge < -0.3 is 20.4 Å². The van der Waals surface area contributed by atoms with Crippen LogP contribution in [-0.2, 0) is 16.1 Å². The van der Waals surface area contributed by atoms with E-state index in [1.165, 1.54) is 0 Å². The Morgan fingerprint density at radius 2 is 2.00 bits per heavy atom. The summed E-state index contributed by atoms with van der Waals surface area (Å²) in [5.74, 6) is 0.0917. The van der Waals surface area contributed by atoms with Crippen molar-refractivity contribution in [2.75, 3.05) is 19.8 Å². The van der Waals surface area contributed by atoms with E-state index in [-0.39, 0.29) is 5.84 Å². The Hall–Kier alpha value is -1.59. The van der Waals surface area contributed by atoms with Gasteiger partial charge in [-0.1, -0.05) is 29.4 Å². The van der Waals surface area contributed by atoms with E-state index < -0.39 is 0 Å². The van der Waals surface area contributed by atoms with Gasteiger partial charge in [0.25, 0.3) is 0 Å². The Labute approximate surface area is 101 Å². The standard InChI is InChI=1S/C12H18N2O3/c1-2-16-7-8-17-9-10-5-3-4-6-11(10)12(13)14-15/h3-6,15H,2,7-9H2,1H3,(H2,13,14). The zero-order valence-electron chi connectivity index (χ0n) is 9.93. The lowest BCUT2D eigenvalue weighted by Gasteiger charge is -2.08. The Morgan fingerprint density at radius 1 is 1.29 bits per heavy atom. The van der Waals surface area contributed by atoms with Crippen molar-refractivity contribution in [1.29, 1.82) is 0 Å². The van der Waals surface area contributed by atoms with Crippen LogP contribution in [-0.4, -0.2) is 30.9 Å². The van der Waals surface area contributed by atoms with E-state index in [1.807, 2.05) is 25.1 Å². The lowest BCUT2D eigenvalue weighted by Crippen LogP contribution is -2.16. The molecule has 0 spiro atoms. The fourth-order valence-corrected chi connectivity index (χ4v) is 1.39. The van der Waals surface area contributed by atoms with Gasteiger partial charge >= 0.3 is 0 Å². The molecule has 0 aliphatic rings. The molecular weight excluding hydrogens is 220 g/mol. The Morgan fingerprint density at radius 3 is 2.71 bits per heavy atom. The predicted octanol–water partition coefficient (Wildman–Crippen LogP) is 1.33. The molecule has 0 bridgehead atoms. The van der Waals surface area contributed by atoms with Gasteiger partial charge in [-0.15, -0.1) is 0 Å². The highest BCUT2D eigenvalue weighted by Gasteiger charge is 2.05. The molecule has 5 heteroatoms. The highest BCUT2D eigenvalue weighted by molar-refractivity contribution is 5.98. The van der Waals surface area contributed by atoms with Gasteiger partial charge in [-0.3, -0.25) is 0 Å². The zero-order chi connectivity index (χ0) is 12.5. The average Bonchev–Trinajstić information content (AvgIpc) is 2.38. The molecular formula is C12H18N2O3. The summed E-state index contributed by atoms with van der Waals surface area (Å²) in [5.41, 5.74) is 7.14. The quantitative estimate of drug-likeness (QED) is 0.247. The first-order valence-electron chi connectivity index (χ1n) is 5.50. The maximum Gasteiger partial charge on any atom is 0.170 e. The topological polar surface area (TPSA) is 77.1 Å². The fraction of sp³-hybridized carbons (Fsp3) is 0.417. The summed E-state index contributed by atoms with van der Waals surface area (Å²) in [6.07, 6.45) is 0. The molecule has 0 heterocycles. The number of nitrogens with zero attached hydrogens (tertiary/aromatic N) is 1. The van der Waals surface area contributed by atoms with E-state index in [1.54, 1.807) is 6.07 Å². The molecule has 3 N–H and O–H groups in total. The van der Waals surface area contributed by atoms with E-state index in [0.717, 1.165) is 5.56 Å². The Kier molecular flexibility index (Phi) is 6.06. The van der Waals surface area contributed by atoms with Crippen LogP contribution in [0.4, 0.5) is 0 Å². The average molecular weight is 238 g/mol. The molecule has 0 aromatic heterocycles. The first-order chi connectivity index (χ1) is 8.29. The van der Waals surface area contributed by atoms with Crippen LogP contribution in [0.3, 0.4) is 0 Å². The number of ether oxygens (including phenoxy) is 2. The van der Waals surface area contributed by atoms with Crippen LogP contribution < -0.4 is 5.73 Å². The highest BCUT2D eigenvalue weighted by atomic mass is 16.5. The molecule has 0 fully saturated rings. The van der Waals surface area contributed by atoms with Gasteiger partial charge in [0, 0.05) is 12.2 Å². The molecule has 0 unspecified atom stereocenters. The maximum atomic E-state index is 8.66. The first-order valence-corrected chi connectivity index (χ1v) is 5.50. The highest BCUT2D eigenvalue weighted by Crippen LogP contribution is 2.09. The van der Waals surface area contributed by atoms with E-state index >= 15 is 0 Å². The van der Waals surface area contributed by atoms with E-state index in [9.17, 15) is 0 Å². The van der Waals surface area contributed by atoms with E-state index in [2.05, 4.69) is 5.16 Å². The van der Waals surface area contributed by atoms with Crippen molar-refractivity contribution in [3.8, 4) is 0 Å². The number of benzene rings is 1. The summed E-state index contributed by atoms with van der Waals surface area (Å²) in [4.78, 5) is 0. The van der Waals surface area contributed by atoms with Crippen LogP contribution in [0.5, 0.6) is 0 Å². The molecule has 0 amide bonds. The van der Waals surface area contributed by atoms with Gasteiger partial charge in [-0.25, -0.2) is 0 Å². The molecule has 17 heavy (non-hydrogen) atoms. The van der Waals surface area contributed by atoms with Gasteiger partial charge in [-0.2, -0.15) is 0 Å². The van der Waals surface area contributed by atoms with Crippen molar-refractivity contribution >= 4 is 5.84 Å². The summed E-state index contributed by atoms with van der Waals surface area (Å²) in [5, 5.41) is 11.6. The molecule has 1 rings (SSSR count). The number of oxime groups is 1. The second kappa shape index (κ2) is 7.65. The number of hydrogen-bond donors (Lipinski definition) is 2. The molecule has 5 nitrogen and oxygen atoms in total. The van der Waals surface area contributed by atoms with Crippen LogP contribution in [0.15, 0.2) is 29.4 Å².